The van der Waals surface area contributed by atoms with E-state index in [1.54, 1.807) is 13.1 Å². The maximum Gasteiger partial charge on any atom is 0.223 e. The van der Waals surface area contributed by atoms with E-state index < -0.39 is 0 Å². The van der Waals surface area contributed by atoms with Gasteiger partial charge in [0.05, 0.1) is 5.69 Å². The van der Waals surface area contributed by atoms with Gasteiger partial charge >= 0.3 is 0 Å². The van der Waals surface area contributed by atoms with Crippen LogP contribution in [0.4, 0.5) is 0 Å². The fraction of sp³-hybridized carbons (Fsp3) is 0.143. The van der Waals surface area contributed by atoms with Crippen LogP contribution in [0.2, 0.25) is 0 Å². The van der Waals surface area contributed by atoms with E-state index in [4.69, 9.17) is 4.52 Å². The lowest BCUT2D eigenvalue weighted by atomic mass is 10.1. The van der Waals surface area contributed by atoms with Crippen molar-refractivity contribution in [2.45, 2.75) is 13.8 Å². The Morgan fingerprint density at radius 1 is 0.895 bits per heavy atom. The molecule has 94 valence electrons. The van der Waals surface area contributed by atoms with Crippen LogP contribution in [0, 0.1) is 13.8 Å². The molecule has 0 saturated carbocycles. The highest BCUT2D eigenvalue weighted by Gasteiger charge is 2.06. The van der Waals surface area contributed by atoms with Crippen molar-refractivity contribution < 1.29 is 4.52 Å². The molecule has 0 bridgehead atoms. The van der Waals surface area contributed by atoms with Crippen LogP contribution in [0.5, 0.6) is 0 Å². The fourth-order valence-corrected chi connectivity index (χ4v) is 1.82. The van der Waals surface area contributed by atoms with E-state index in [0.717, 1.165) is 22.6 Å². The van der Waals surface area contributed by atoms with Gasteiger partial charge in [-0.15, -0.1) is 0 Å². The number of nitrogens with zero attached hydrogens (tertiary/aromatic N) is 4. The zero-order chi connectivity index (χ0) is 13.2. The van der Waals surface area contributed by atoms with Gasteiger partial charge in [0, 0.05) is 24.2 Å². The largest absolute Gasteiger partial charge is 0.339 e. The van der Waals surface area contributed by atoms with Crippen LogP contribution < -0.4 is 0 Å². The minimum Gasteiger partial charge on any atom is -0.339 e. The van der Waals surface area contributed by atoms with Gasteiger partial charge in [-0.1, -0.05) is 29.4 Å². The van der Waals surface area contributed by atoms with Crippen LogP contribution in [0.3, 0.4) is 0 Å². The summed E-state index contributed by atoms with van der Waals surface area (Å²) in [5, 5.41) is 3.89. The van der Waals surface area contributed by atoms with Crippen LogP contribution in [0.1, 0.15) is 11.7 Å². The minimum atomic E-state index is 0.561. The minimum absolute atomic E-state index is 0.561. The number of benzene rings is 1. The monoisotopic (exact) mass is 252 g/mol. The van der Waals surface area contributed by atoms with Gasteiger partial charge in [0.25, 0.3) is 0 Å². The van der Waals surface area contributed by atoms with Gasteiger partial charge in [-0.25, -0.2) is 9.97 Å². The number of hydrogen-bond acceptors (Lipinski definition) is 5. The summed E-state index contributed by atoms with van der Waals surface area (Å²) in [5.74, 6) is 1.92. The molecule has 0 amide bonds. The first-order valence-electron chi connectivity index (χ1n) is 5.93. The quantitative estimate of drug-likeness (QED) is 0.701. The predicted octanol–water partition coefficient (Wildman–Crippen LogP) is 2.81. The molecular formula is C14H12N4O. The molecule has 2 heterocycles. The Kier molecular flexibility index (Phi) is 2.79. The molecular weight excluding hydrogens is 240 g/mol. The van der Waals surface area contributed by atoms with E-state index in [-0.39, 0.29) is 0 Å². The van der Waals surface area contributed by atoms with Crippen LogP contribution in [-0.4, -0.2) is 20.1 Å². The van der Waals surface area contributed by atoms with Crippen molar-refractivity contribution in [1.82, 2.24) is 20.1 Å². The average Bonchev–Trinajstić information content (AvgIpc) is 2.86. The van der Waals surface area contributed by atoms with E-state index in [1.165, 1.54) is 0 Å². The van der Waals surface area contributed by atoms with Crippen molar-refractivity contribution in [2.75, 3.05) is 0 Å². The highest BCUT2D eigenvalue weighted by Crippen LogP contribution is 2.21. The van der Waals surface area contributed by atoms with Gasteiger partial charge in [-0.3, -0.25) is 0 Å². The van der Waals surface area contributed by atoms with Crippen molar-refractivity contribution >= 4 is 0 Å². The summed E-state index contributed by atoms with van der Waals surface area (Å²) in [7, 11) is 0. The Hall–Kier alpha value is -2.56. The van der Waals surface area contributed by atoms with Crippen LogP contribution in [0.25, 0.3) is 22.6 Å². The molecule has 0 aliphatic heterocycles. The molecule has 0 unspecified atom stereocenters. The highest BCUT2D eigenvalue weighted by molar-refractivity contribution is 5.64. The highest BCUT2D eigenvalue weighted by atomic mass is 16.5. The van der Waals surface area contributed by atoms with Gasteiger partial charge in [0.15, 0.2) is 0 Å². The molecule has 0 saturated heterocycles. The molecule has 0 N–H and O–H groups in total. The number of hydrogen-bond donors (Lipinski definition) is 0. The maximum absolute atomic E-state index is 4.97. The first-order chi connectivity index (χ1) is 9.22. The molecule has 0 aliphatic rings. The van der Waals surface area contributed by atoms with Crippen molar-refractivity contribution in [3.63, 3.8) is 0 Å². The van der Waals surface area contributed by atoms with Gasteiger partial charge in [0.1, 0.15) is 5.82 Å². The summed E-state index contributed by atoms with van der Waals surface area (Å²) in [4.78, 5) is 12.7. The summed E-state index contributed by atoms with van der Waals surface area (Å²) < 4.78 is 4.97. The summed E-state index contributed by atoms with van der Waals surface area (Å²) in [6.07, 6.45) is 1.76. The molecule has 0 atom stereocenters. The second-order valence-electron chi connectivity index (χ2n) is 4.20. The van der Waals surface area contributed by atoms with Crippen molar-refractivity contribution in [3.8, 4) is 22.6 Å². The Morgan fingerprint density at radius 3 is 2.26 bits per heavy atom. The van der Waals surface area contributed by atoms with Gasteiger partial charge in [0.2, 0.25) is 11.7 Å². The zero-order valence-electron chi connectivity index (χ0n) is 10.7. The van der Waals surface area contributed by atoms with Crippen LogP contribution in [-0.2, 0) is 0 Å². The van der Waals surface area contributed by atoms with E-state index in [1.807, 2.05) is 37.3 Å². The lowest BCUT2D eigenvalue weighted by Gasteiger charge is -2.02. The second kappa shape index (κ2) is 4.61. The molecule has 5 nitrogen and oxygen atoms in total. The normalized spacial score (nSPS) is 10.6. The Bertz CT molecular complexity index is 703. The third-order valence-electron chi connectivity index (χ3n) is 2.74. The van der Waals surface area contributed by atoms with Crippen LogP contribution in [0.15, 0.2) is 41.1 Å². The van der Waals surface area contributed by atoms with Crippen LogP contribution >= 0.6 is 0 Å². The van der Waals surface area contributed by atoms with E-state index in [0.29, 0.717) is 11.7 Å². The first-order valence-corrected chi connectivity index (χ1v) is 5.93. The maximum atomic E-state index is 4.97. The Morgan fingerprint density at radius 2 is 1.63 bits per heavy atom. The molecule has 0 spiro atoms. The predicted molar refractivity (Wildman–Crippen MR) is 70.2 cm³/mol. The topological polar surface area (TPSA) is 64.7 Å². The first kappa shape index (κ1) is 11.5. The SMILES string of the molecule is Cc1nccc(-c2ccc(-c3noc(C)n3)cc2)n1. The lowest BCUT2D eigenvalue weighted by Crippen LogP contribution is -1.89. The molecule has 0 radical (unpaired) electrons. The number of rotatable bonds is 2. The second-order valence-corrected chi connectivity index (χ2v) is 4.20. The van der Waals surface area contributed by atoms with E-state index in [2.05, 4.69) is 20.1 Å². The van der Waals surface area contributed by atoms with Gasteiger partial charge in [-0.05, 0) is 13.0 Å². The van der Waals surface area contributed by atoms with Crippen molar-refractivity contribution in [3.05, 3.63) is 48.2 Å². The van der Waals surface area contributed by atoms with Crippen molar-refractivity contribution in [1.29, 1.82) is 0 Å². The summed E-state index contributed by atoms with van der Waals surface area (Å²) in [6, 6.07) is 9.78. The number of aryl methyl sites for hydroxylation is 2. The molecule has 5 heteroatoms. The molecule has 0 aliphatic carbocycles. The molecule has 3 aromatic rings. The molecule has 1 aromatic carbocycles. The fourth-order valence-electron chi connectivity index (χ4n) is 1.82. The van der Waals surface area contributed by atoms with E-state index in [9.17, 15) is 0 Å². The van der Waals surface area contributed by atoms with E-state index >= 15 is 0 Å². The Balaban J connectivity index is 1.95. The standard InChI is InChI=1S/C14H12N4O/c1-9-15-8-7-13(16-9)11-3-5-12(6-4-11)14-17-10(2)19-18-14/h3-8H,1-2H3. The lowest BCUT2D eigenvalue weighted by molar-refractivity contribution is 0.394. The molecule has 3 rings (SSSR count). The molecule has 19 heavy (non-hydrogen) atoms. The summed E-state index contributed by atoms with van der Waals surface area (Å²) >= 11 is 0. The van der Waals surface area contributed by atoms with Crippen molar-refractivity contribution in [2.24, 2.45) is 0 Å². The van der Waals surface area contributed by atoms with Gasteiger partial charge < -0.3 is 4.52 Å². The summed E-state index contributed by atoms with van der Waals surface area (Å²) in [6.45, 7) is 3.65. The zero-order valence-corrected chi connectivity index (χ0v) is 10.7. The smallest absolute Gasteiger partial charge is 0.223 e. The third-order valence-corrected chi connectivity index (χ3v) is 2.74. The molecule has 0 fully saturated rings. The summed E-state index contributed by atoms with van der Waals surface area (Å²) in [5.41, 5.74) is 2.86. The average molecular weight is 252 g/mol. The van der Waals surface area contributed by atoms with Gasteiger partial charge in [-0.2, -0.15) is 4.98 Å². The third kappa shape index (κ3) is 2.35. The molecule has 2 aromatic heterocycles. The number of aromatic nitrogens is 4. The Labute approximate surface area is 110 Å².